The number of H-pyrrole nitrogens is 1. The zero-order valence-corrected chi connectivity index (χ0v) is 22.1. The molecular weight excluding hydrogens is 494 g/mol. The number of carbonyl (C=O) groups excluding carboxylic acids is 1. The van der Waals surface area contributed by atoms with Crippen LogP contribution in [-0.4, -0.2) is 57.2 Å². The van der Waals surface area contributed by atoms with Crippen LogP contribution in [0.15, 0.2) is 55.0 Å². The second-order valence-corrected chi connectivity index (χ2v) is 11.4. The fourth-order valence-corrected chi connectivity index (χ4v) is 7.11. The molecule has 0 bridgehead atoms. The molecule has 2 N–H and O–H groups in total. The number of thiophene rings is 1. The Morgan fingerprint density at radius 2 is 2.00 bits per heavy atom. The highest BCUT2D eigenvalue weighted by Crippen LogP contribution is 2.41. The van der Waals surface area contributed by atoms with Crippen LogP contribution in [0.2, 0.25) is 0 Å². The van der Waals surface area contributed by atoms with E-state index < -0.39 is 0 Å². The van der Waals surface area contributed by atoms with Crippen LogP contribution in [0.25, 0.3) is 21.1 Å². The molecule has 3 aromatic heterocycles. The monoisotopic (exact) mass is 523 g/mol. The fourth-order valence-electron chi connectivity index (χ4n) is 5.84. The van der Waals surface area contributed by atoms with Crippen LogP contribution in [0.3, 0.4) is 0 Å². The van der Waals surface area contributed by atoms with Crippen molar-refractivity contribution >= 4 is 55.6 Å². The molecule has 2 aliphatic rings. The minimum atomic E-state index is 0.0361. The highest BCUT2D eigenvalue weighted by molar-refractivity contribution is 7.19. The summed E-state index contributed by atoms with van der Waals surface area (Å²) in [6.45, 7) is 5.45. The van der Waals surface area contributed by atoms with Crippen LogP contribution >= 0.6 is 11.3 Å². The van der Waals surface area contributed by atoms with Crippen LogP contribution in [-0.2, 0) is 17.6 Å². The molecule has 1 aliphatic carbocycles. The molecule has 7 rings (SSSR count). The Hall–Kier alpha value is -3.98. The number of rotatable bonds is 4. The maximum atomic E-state index is 13.5. The molecule has 192 valence electrons. The molecule has 0 unspecified atom stereocenters. The summed E-state index contributed by atoms with van der Waals surface area (Å²) in [5.41, 5.74) is 5.78. The third kappa shape index (κ3) is 4.16. The van der Waals surface area contributed by atoms with Gasteiger partial charge in [-0.1, -0.05) is 12.1 Å². The third-order valence-corrected chi connectivity index (χ3v) is 9.02. The van der Waals surface area contributed by atoms with Gasteiger partial charge in [0.15, 0.2) is 0 Å². The lowest BCUT2D eigenvalue weighted by molar-refractivity contribution is -0.136. The van der Waals surface area contributed by atoms with Gasteiger partial charge >= 0.3 is 0 Å². The molecule has 1 saturated heterocycles. The first-order chi connectivity index (χ1) is 18.6. The van der Waals surface area contributed by atoms with Crippen LogP contribution in [0.4, 0.5) is 17.2 Å². The molecule has 9 heteroatoms. The zero-order valence-electron chi connectivity index (χ0n) is 21.3. The number of anilines is 3. The summed E-state index contributed by atoms with van der Waals surface area (Å²) in [7, 11) is 0. The summed E-state index contributed by atoms with van der Waals surface area (Å²) in [6.07, 6.45) is 5.97. The van der Waals surface area contributed by atoms with E-state index in [1.54, 1.807) is 17.7 Å². The molecule has 0 spiro atoms. The lowest BCUT2D eigenvalue weighted by Crippen LogP contribution is -2.51. The molecule has 2 aromatic carbocycles. The maximum absolute atomic E-state index is 13.5. The standard InChI is InChI=1S/C29H29N7OS/c1-18-3-2-4-22(13-18)35-9-11-36(12-10-35)29(37)19-5-7-23-25(15-19)38-28-26(23)27(30-17-31-28)33-21-6-8-24-20(14-21)16-32-34-24/h2-4,6,8,13-14,16-17,19H,5,7,9-12,15H2,1H3,(H,32,34)(H,30,31,33)/t19-/m0/s1. The second-order valence-electron chi connectivity index (χ2n) is 10.3. The Kier molecular flexibility index (Phi) is 5.73. The van der Waals surface area contributed by atoms with E-state index in [-0.39, 0.29) is 5.92 Å². The lowest BCUT2D eigenvalue weighted by atomic mass is 9.86. The van der Waals surface area contributed by atoms with Gasteiger partial charge in [-0.3, -0.25) is 9.89 Å². The summed E-state index contributed by atoms with van der Waals surface area (Å²) in [5, 5.41) is 12.8. The van der Waals surface area contributed by atoms with Crippen molar-refractivity contribution in [2.75, 3.05) is 36.4 Å². The molecule has 4 heterocycles. The van der Waals surface area contributed by atoms with E-state index >= 15 is 0 Å². The van der Waals surface area contributed by atoms with E-state index in [1.165, 1.54) is 21.7 Å². The zero-order chi connectivity index (χ0) is 25.6. The number of amides is 1. The molecule has 1 amide bonds. The first-order valence-corrected chi connectivity index (χ1v) is 14.0. The quantitative estimate of drug-likeness (QED) is 0.342. The number of hydrogen-bond donors (Lipinski definition) is 2. The SMILES string of the molecule is Cc1cccc(N2CCN(C(=O)[C@H]3CCc4c(sc5ncnc(Nc6ccc7[nH]ncc7c6)c45)C3)CC2)c1. The van der Waals surface area contributed by atoms with E-state index in [4.69, 9.17) is 0 Å². The van der Waals surface area contributed by atoms with Gasteiger partial charge in [0.25, 0.3) is 0 Å². The van der Waals surface area contributed by atoms with Crippen molar-refractivity contribution < 1.29 is 4.79 Å². The maximum Gasteiger partial charge on any atom is 0.226 e. The summed E-state index contributed by atoms with van der Waals surface area (Å²) in [4.78, 5) is 29.4. The van der Waals surface area contributed by atoms with Crippen LogP contribution in [0.5, 0.6) is 0 Å². The van der Waals surface area contributed by atoms with E-state index in [0.29, 0.717) is 5.91 Å². The highest BCUT2D eigenvalue weighted by Gasteiger charge is 2.33. The average Bonchev–Trinajstić information content (AvgIpc) is 3.57. The third-order valence-electron chi connectivity index (χ3n) is 7.86. The fraction of sp³-hybridized carbons (Fsp3) is 0.310. The smallest absolute Gasteiger partial charge is 0.226 e. The van der Waals surface area contributed by atoms with Gasteiger partial charge < -0.3 is 15.1 Å². The van der Waals surface area contributed by atoms with Crippen molar-refractivity contribution in [2.45, 2.75) is 26.2 Å². The van der Waals surface area contributed by atoms with Gasteiger partial charge in [-0.25, -0.2) is 9.97 Å². The number of nitrogens with zero attached hydrogens (tertiary/aromatic N) is 5. The molecule has 1 aliphatic heterocycles. The number of hydrogen-bond acceptors (Lipinski definition) is 7. The van der Waals surface area contributed by atoms with Crippen molar-refractivity contribution in [3.8, 4) is 0 Å². The Morgan fingerprint density at radius 3 is 2.87 bits per heavy atom. The Labute approximate surface area is 224 Å². The topological polar surface area (TPSA) is 90.0 Å². The number of benzene rings is 2. The number of fused-ring (bicyclic) bond motifs is 4. The van der Waals surface area contributed by atoms with Gasteiger partial charge in [-0.15, -0.1) is 11.3 Å². The number of aromatic amines is 1. The van der Waals surface area contributed by atoms with Crippen molar-refractivity contribution in [3.63, 3.8) is 0 Å². The van der Waals surface area contributed by atoms with Gasteiger partial charge in [0.05, 0.1) is 17.1 Å². The van der Waals surface area contributed by atoms with Gasteiger partial charge in [0.2, 0.25) is 5.91 Å². The Bertz CT molecular complexity index is 1650. The van der Waals surface area contributed by atoms with Gasteiger partial charge in [-0.2, -0.15) is 5.10 Å². The average molecular weight is 524 g/mol. The number of carbonyl (C=O) groups is 1. The van der Waals surface area contributed by atoms with Crippen molar-refractivity contribution in [1.82, 2.24) is 25.1 Å². The summed E-state index contributed by atoms with van der Waals surface area (Å²) < 4.78 is 0. The molecule has 1 atom stereocenters. The van der Waals surface area contributed by atoms with E-state index in [0.717, 1.165) is 78.1 Å². The Morgan fingerprint density at radius 1 is 1.11 bits per heavy atom. The molecule has 8 nitrogen and oxygen atoms in total. The molecule has 0 saturated carbocycles. The summed E-state index contributed by atoms with van der Waals surface area (Å²) >= 11 is 1.71. The van der Waals surface area contributed by atoms with Crippen molar-refractivity contribution in [1.29, 1.82) is 0 Å². The largest absolute Gasteiger partial charge is 0.368 e. The molecule has 5 aromatic rings. The Balaban J connectivity index is 1.07. The van der Waals surface area contributed by atoms with Crippen molar-refractivity contribution in [3.05, 3.63) is 71.0 Å². The first kappa shape index (κ1) is 23.2. The summed E-state index contributed by atoms with van der Waals surface area (Å²) in [5.74, 6) is 1.16. The lowest BCUT2D eigenvalue weighted by Gasteiger charge is -2.38. The van der Waals surface area contributed by atoms with Crippen molar-refractivity contribution in [2.24, 2.45) is 5.92 Å². The van der Waals surface area contributed by atoms with Gasteiger partial charge in [0.1, 0.15) is 17.0 Å². The van der Waals surface area contributed by atoms with E-state index in [1.807, 2.05) is 18.3 Å². The minimum absolute atomic E-state index is 0.0361. The van der Waals surface area contributed by atoms with E-state index in [2.05, 4.69) is 72.5 Å². The number of nitrogens with one attached hydrogen (secondary N) is 2. The number of aromatic nitrogens is 4. The summed E-state index contributed by atoms with van der Waals surface area (Å²) in [6, 6.07) is 14.7. The normalized spacial score (nSPS) is 17.7. The van der Waals surface area contributed by atoms with Gasteiger partial charge in [0, 0.05) is 53.7 Å². The molecular formula is C29H29N7OS. The predicted molar refractivity (Wildman–Crippen MR) is 152 cm³/mol. The van der Waals surface area contributed by atoms with Crippen LogP contribution < -0.4 is 10.2 Å². The van der Waals surface area contributed by atoms with Gasteiger partial charge in [-0.05, 0) is 67.6 Å². The second kappa shape index (κ2) is 9.40. The highest BCUT2D eigenvalue weighted by atomic mass is 32.1. The molecule has 1 fully saturated rings. The van der Waals surface area contributed by atoms with Crippen LogP contribution in [0, 0.1) is 12.8 Å². The number of aryl methyl sites for hydroxylation is 2. The first-order valence-electron chi connectivity index (χ1n) is 13.2. The minimum Gasteiger partial charge on any atom is -0.368 e. The molecule has 38 heavy (non-hydrogen) atoms. The number of piperazine rings is 1. The van der Waals surface area contributed by atoms with Crippen LogP contribution in [0.1, 0.15) is 22.4 Å². The van der Waals surface area contributed by atoms with E-state index in [9.17, 15) is 4.79 Å². The molecule has 0 radical (unpaired) electrons. The predicted octanol–water partition coefficient (Wildman–Crippen LogP) is 5.07.